The number of hydrogen-bond acceptors (Lipinski definition) is 5. The van der Waals surface area contributed by atoms with E-state index in [0.717, 1.165) is 5.56 Å². The Kier molecular flexibility index (Phi) is 5.60. The number of fused-ring (bicyclic) bond motifs is 1. The molecule has 1 amide bonds. The number of β-amino-alcohol motifs (C(OH)–C–C–N with tert-alkyl or cyclic N) is 1. The Hall–Kier alpha value is -2.74. The molecular formula is C22H23ClN4O3. The van der Waals surface area contributed by atoms with E-state index in [0.29, 0.717) is 42.4 Å². The summed E-state index contributed by atoms with van der Waals surface area (Å²) in [6.45, 7) is 2.86. The molecule has 0 radical (unpaired) electrons. The van der Waals surface area contributed by atoms with Crippen molar-refractivity contribution in [3.8, 4) is 0 Å². The van der Waals surface area contributed by atoms with Crippen molar-refractivity contribution in [2.45, 2.75) is 31.5 Å². The Labute approximate surface area is 178 Å². The Bertz CT molecular complexity index is 1130. The smallest absolute Gasteiger partial charge is 0.258 e. The van der Waals surface area contributed by atoms with Crippen molar-refractivity contribution >= 4 is 23.2 Å². The van der Waals surface area contributed by atoms with Gasteiger partial charge in [0.25, 0.3) is 5.56 Å². The summed E-state index contributed by atoms with van der Waals surface area (Å²) in [5.41, 5.74) is 0.993. The second kappa shape index (κ2) is 8.18. The fourth-order valence-electron chi connectivity index (χ4n) is 4.18. The fraction of sp³-hybridized carbons (Fsp3) is 0.318. The molecule has 3 aromatic rings. The molecule has 0 spiro atoms. The van der Waals surface area contributed by atoms with E-state index >= 15 is 0 Å². The van der Waals surface area contributed by atoms with Gasteiger partial charge in [0.05, 0.1) is 22.4 Å². The Morgan fingerprint density at radius 1 is 1.30 bits per heavy atom. The van der Waals surface area contributed by atoms with E-state index in [-0.39, 0.29) is 11.5 Å². The number of carbonyl (C=O) groups excluding carboxylic acids is 1. The molecule has 1 saturated heterocycles. The predicted octanol–water partition coefficient (Wildman–Crippen LogP) is 1.95. The molecule has 1 aromatic carbocycles. The zero-order valence-electron chi connectivity index (χ0n) is 16.6. The highest BCUT2D eigenvalue weighted by atomic mass is 35.5. The molecule has 0 unspecified atom stereocenters. The number of aromatic nitrogens is 2. The maximum Gasteiger partial charge on any atom is 0.258 e. The van der Waals surface area contributed by atoms with E-state index in [9.17, 15) is 14.7 Å². The summed E-state index contributed by atoms with van der Waals surface area (Å²) in [5, 5.41) is 14.5. The van der Waals surface area contributed by atoms with Crippen molar-refractivity contribution in [1.29, 1.82) is 0 Å². The molecule has 30 heavy (non-hydrogen) atoms. The fourth-order valence-corrected chi connectivity index (χ4v) is 4.34. The summed E-state index contributed by atoms with van der Waals surface area (Å²) >= 11 is 5.96. The van der Waals surface area contributed by atoms with Crippen LogP contribution in [0.5, 0.6) is 0 Å². The SMILES string of the molecule is CC(=O)N[C@]1(c2ccccc2)CCN(Cc2cc(=O)n3cc(Cl)ccc3n2)C[C@H]1O. The summed E-state index contributed by atoms with van der Waals surface area (Å²) in [7, 11) is 0. The van der Waals surface area contributed by atoms with E-state index in [2.05, 4.69) is 10.3 Å². The van der Waals surface area contributed by atoms with Gasteiger partial charge >= 0.3 is 0 Å². The third kappa shape index (κ3) is 3.96. The lowest BCUT2D eigenvalue weighted by molar-refractivity contribution is -0.125. The molecule has 3 heterocycles. The molecule has 0 aliphatic carbocycles. The van der Waals surface area contributed by atoms with Crippen LogP contribution in [0, 0.1) is 0 Å². The van der Waals surface area contributed by atoms with E-state index in [1.54, 1.807) is 18.3 Å². The molecule has 2 aromatic heterocycles. The highest BCUT2D eigenvalue weighted by Gasteiger charge is 2.44. The third-order valence-corrected chi connectivity index (χ3v) is 5.80. The molecule has 4 rings (SSSR count). The average molecular weight is 427 g/mol. The number of aliphatic hydroxyl groups is 1. The first-order valence-electron chi connectivity index (χ1n) is 9.80. The number of nitrogens with zero attached hydrogens (tertiary/aromatic N) is 3. The molecule has 1 aliphatic heterocycles. The van der Waals surface area contributed by atoms with Gasteiger partial charge in [-0.2, -0.15) is 0 Å². The first-order chi connectivity index (χ1) is 14.4. The van der Waals surface area contributed by atoms with Crippen molar-refractivity contribution in [1.82, 2.24) is 19.6 Å². The van der Waals surface area contributed by atoms with E-state index in [1.165, 1.54) is 17.4 Å². The van der Waals surface area contributed by atoms with Crippen LogP contribution >= 0.6 is 11.6 Å². The van der Waals surface area contributed by atoms with Crippen LogP contribution in [0.15, 0.2) is 59.5 Å². The minimum atomic E-state index is -0.837. The van der Waals surface area contributed by atoms with Crippen LogP contribution in [0.1, 0.15) is 24.6 Å². The molecule has 0 saturated carbocycles. The van der Waals surface area contributed by atoms with Crippen LogP contribution in [-0.4, -0.2) is 44.5 Å². The first-order valence-corrected chi connectivity index (χ1v) is 10.2. The number of hydrogen-bond donors (Lipinski definition) is 2. The van der Waals surface area contributed by atoms with Crippen LogP contribution in [0.2, 0.25) is 5.02 Å². The molecule has 156 valence electrons. The Morgan fingerprint density at radius 2 is 2.07 bits per heavy atom. The summed E-state index contributed by atoms with van der Waals surface area (Å²) in [4.78, 5) is 30.9. The van der Waals surface area contributed by atoms with E-state index in [4.69, 9.17) is 11.6 Å². The molecule has 2 atom stereocenters. The van der Waals surface area contributed by atoms with Crippen LogP contribution in [0.3, 0.4) is 0 Å². The summed E-state index contributed by atoms with van der Waals surface area (Å²) in [6.07, 6.45) is 1.28. The second-order valence-corrected chi connectivity index (χ2v) is 8.12. The van der Waals surface area contributed by atoms with Gasteiger partial charge < -0.3 is 10.4 Å². The Balaban J connectivity index is 1.57. The zero-order valence-corrected chi connectivity index (χ0v) is 17.3. The average Bonchev–Trinajstić information content (AvgIpc) is 2.71. The van der Waals surface area contributed by atoms with Crippen molar-refractivity contribution < 1.29 is 9.90 Å². The number of piperidine rings is 1. The van der Waals surface area contributed by atoms with Gasteiger partial charge in [-0.3, -0.25) is 18.9 Å². The standard InChI is InChI=1S/C22H23ClN4O3/c1-15(28)25-22(16-5-3-2-4-6-16)9-10-26(14-19(22)29)13-18-11-21(30)27-12-17(23)7-8-20(27)24-18/h2-8,11-12,19,29H,9-10,13-14H2,1H3,(H,25,28)/t19-,22+/m1/s1. The minimum Gasteiger partial charge on any atom is -0.389 e. The highest BCUT2D eigenvalue weighted by molar-refractivity contribution is 6.30. The number of nitrogens with one attached hydrogen (secondary N) is 1. The van der Waals surface area contributed by atoms with Gasteiger partial charge in [0.1, 0.15) is 5.65 Å². The van der Waals surface area contributed by atoms with Gasteiger partial charge in [0, 0.05) is 38.8 Å². The van der Waals surface area contributed by atoms with Crippen molar-refractivity contribution in [2.24, 2.45) is 0 Å². The molecule has 0 bridgehead atoms. The van der Waals surface area contributed by atoms with Gasteiger partial charge in [-0.05, 0) is 24.1 Å². The second-order valence-electron chi connectivity index (χ2n) is 7.68. The number of carbonyl (C=O) groups is 1. The Morgan fingerprint density at radius 3 is 2.77 bits per heavy atom. The normalized spacial score (nSPS) is 22.2. The van der Waals surface area contributed by atoms with Crippen LogP contribution in [0.4, 0.5) is 0 Å². The van der Waals surface area contributed by atoms with Crippen LogP contribution in [-0.2, 0) is 16.9 Å². The van der Waals surface area contributed by atoms with Crippen molar-refractivity contribution in [3.05, 3.63) is 81.4 Å². The van der Waals surface area contributed by atoms with Crippen LogP contribution < -0.4 is 10.9 Å². The van der Waals surface area contributed by atoms with Gasteiger partial charge in [0.2, 0.25) is 5.91 Å². The molecule has 7 nitrogen and oxygen atoms in total. The van der Waals surface area contributed by atoms with E-state index in [1.807, 2.05) is 35.2 Å². The lowest BCUT2D eigenvalue weighted by atomic mass is 9.78. The van der Waals surface area contributed by atoms with Gasteiger partial charge in [-0.1, -0.05) is 41.9 Å². The van der Waals surface area contributed by atoms with Gasteiger partial charge in [-0.25, -0.2) is 4.98 Å². The summed E-state index contributed by atoms with van der Waals surface area (Å²) < 4.78 is 1.41. The largest absolute Gasteiger partial charge is 0.389 e. The maximum absolute atomic E-state index is 12.4. The monoisotopic (exact) mass is 426 g/mol. The molecule has 2 N–H and O–H groups in total. The number of amides is 1. The number of benzene rings is 1. The molecule has 1 aliphatic rings. The third-order valence-electron chi connectivity index (χ3n) is 5.57. The molecule has 1 fully saturated rings. The minimum absolute atomic E-state index is 0.186. The number of likely N-dealkylation sites (tertiary alicyclic amines) is 1. The number of pyridine rings is 1. The predicted molar refractivity (Wildman–Crippen MR) is 114 cm³/mol. The number of aliphatic hydroxyl groups excluding tert-OH is 1. The van der Waals surface area contributed by atoms with E-state index < -0.39 is 11.6 Å². The molecular weight excluding hydrogens is 404 g/mol. The summed E-state index contributed by atoms with van der Waals surface area (Å²) in [6, 6.07) is 14.4. The summed E-state index contributed by atoms with van der Waals surface area (Å²) in [5.74, 6) is -0.186. The topological polar surface area (TPSA) is 86.9 Å². The van der Waals surface area contributed by atoms with Gasteiger partial charge in [-0.15, -0.1) is 0 Å². The number of halogens is 1. The molecule has 8 heteroatoms. The first kappa shape index (κ1) is 20.5. The quantitative estimate of drug-likeness (QED) is 0.665. The lowest BCUT2D eigenvalue weighted by Gasteiger charge is -2.46. The van der Waals surface area contributed by atoms with Crippen molar-refractivity contribution in [2.75, 3.05) is 13.1 Å². The number of rotatable bonds is 4. The zero-order chi connectivity index (χ0) is 21.3. The maximum atomic E-state index is 12.4. The van der Waals surface area contributed by atoms with Crippen molar-refractivity contribution in [3.63, 3.8) is 0 Å². The van der Waals surface area contributed by atoms with Gasteiger partial charge in [0.15, 0.2) is 0 Å². The van der Waals surface area contributed by atoms with Crippen LogP contribution in [0.25, 0.3) is 5.65 Å². The highest BCUT2D eigenvalue weighted by Crippen LogP contribution is 2.33. The lowest BCUT2D eigenvalue weighted by Crippen LogP contribution is -2.61.